The lowest BCUT2D eigenvalue weighted by Gasteiger charge is -2.33. The van der Waals surface area contributed by atoms with Gasteiger partial charge in [0.25, 0.3) is 0 Å². The number of ether oxygens (including phenoxy) is 3. The Hall–Kier alpha value is -2.73. The number of rotatable bonds is 3. The van der Waals surface area contributed by atoms with E-state index in [2.05, 4.69) is 5.32 Å². The Morgan fingerprint density at radius 2 is 2.00 bits per heavy atom. The van der Waals surface area contributed by atoms with Gasteiger partial charge in [-0.05, 0) is 23.3 Å². The summed E-state index contributed by atoms with van der Waals surface area (Å²) in [6, 6.07) is 15.6. The predicted octanol–water partition coefficient (Wildman–Crippen LogP) is 2.70. The highest BCUT2D eigenvalue weighted by Gasteiger charge is 2.26. The number of amides is 1. The molecule has 25 heavy (non-hydrogen) atoms. The molecule has 0 unspecified atom stereocenters. The average Bonchev–Trinajstić information content (AvgIpc) is 3.15. The molecule has 1 N–H and O–H groups in total. The molecule has 4 rings (SSSR count). The van der Waals surface area contributed by atoms with E-state index in [1.165, 1.54) is 0 Å². The molecular weight excluding hydrogens is 320 g/mol. The first-order valence-corrected chi connectivity index (χ1v) is 8.38. The second-order valence-electron chi connectivity index (χ2n) is 6.11. The standard InChI is InChI=1S/C19H20N2O4/c22-19(23-12-14-4-2-1-3-5-14)21-9-8-20-16(11-21)15-6-7-17-18(10-15)25-13-24-17/h1-7,10,16,20H,8-9,11-13H2/t16-/m0/s1. The van der Waals surface area contributed by atoms with Crippen molar-refractivity contribution in [1.82, 2.24) is 10.2 Å². The van der Waals surface area contributed by atoms with Gasteiger partial charge in [-0.25, -0.2) is 4.79 Å². The van der Waals surface area contributed by atoms with Crippen LogP contribution >= 0.6 is 0 Å². The molecule has 2 aliphatic rings. The van der Waals surface area contributed by atoms with E-state index in [4.69, 9.17) is 14.2 Å². The smallest absolute Gasteiger partial charge is 0.410 e. The Balaban J connectivity index is 1.38. The van der Waals surface area contributed by atoms with E-state index in [1.807, 2.05) is 48.5 Å². The quantitative estimate of drug-likeness (QED) is 0.931. The zero-order chi connectivity index (χ0) is 17.1. The number of carbonyl (C=O) groups is 1. The number of benzene rings is 2. The maximum atomic E-state index is 12.4. The third-order valence-corrected chi connectivity index (χ3v) is 4.44. The Kier molecular flexibility index (Phi) is 4.43. The molecule has 1 saturated heterocycles. The van der Waals surface area contributed by atoms with Gasteiger partial charge in [0.15, 0.2) is 11.5 Å². The van der Waals surface area contributed by atoms with Crippen LogP contribution in [-0.2, 0) is 11.3 Å². The van der Waals surface area contributed by atoms with Crippen molar-refractivity contribution >= 4 is 6.09 Å². The lowest BCUT2D eigenvalue weighted by atomic mass is 10.0. The van der Waals surface area contributed by atoms with Crippen molar-refractivity contribution in [3.05, 3.63) is 59.7 Å². The Morgan fingerprint density at radius 3 is 2.88 bits per heavy atom. The van der Waals surface area contributed by atoms with Crippen LogP contribution in [0.2, 0.25) is 0 Å². The van der Waals surface area contributed by atoms with Crippen molar-refractivity contribution in [2.75, 3.05) is 26.4 Å². The molecular formula is C19H20N2O4. The van der Waals surface area contributed by atoms with Crippen molar-refractivity contribution in [3.8, 4) is 11.5 Å². The lowest BCUT2D eigenvalue weighted by Crippen LogP contribution is -2.48. The first kappa shape index (κ1) is 15.8. The normalized spacial score (nSPS) is 18.9. The molecule has 130 valence electrons. The van der Waals surface area contributed by atoms with E-state index in [9.17, 15) is 4.79 Å². The minimum atomic E-state index is -0.281. The number of nitrogens with one attached hydrogen (secondary N) is 1. The summed E-state index contributed by atoms with van der Waals surface area (Å²) in [5, 5.41) is 3.44. The summed E-state index contributed by atoms with van der Waals surface area (Å²) < 4.78 is 16.2. The van der Waals surface area contributed by atoms with E-state index < -0.39 is 0 Å². The number of hydrogen-bond donors (Lipinski definition) is 1. The monoisotopic (exact) mass is 340 g/mol. The summed E-state index contributed by atoms with van der Waals surface area (Å²) >= 11 is 0. The molecule has 2 heterocycles. The summed E-state index contributed by atoms with van der Waals surface area (Å²) in [6.45, 7) is 2.47. The van der Waals surface area contributed by atoms with Crippen LogP contribution in [0.15, 0.2) is 48.5 Å². The molecule has 2 aromatic carbocycles. The van der Waals surface area contributed by atoms with Gasteiger partial charge < -0.3 is 24.4 Å². The number of nitrogens with zero attached hydrogens (tertiary/aromatic N) is 1. The van der Waals surface area contributed by atoms with Gasteiger partial charge >= 0.3 is 6.09 Å². The van der Waals surface area contributed by atoms with Gasteiger partial charge in [0, 0.05) is 19.6 Å². The Bertz CT molecular complexity index is 750. The molecule has 2 aliphatic heterocycles. The highest BCUT2D eigenvalue weighted by molar-refractivity contribution is 5.68. The summed E-state index contributed by atoms with van der Waals surface area (Å²) in [5.74, 6) is 1.52. The van der Waals surface area contributed by atoms with Crippen LogP contribution < -0.4 is 14.8 Å². The van der Waals surface area contributed by atoms with Gasteiger partial charge in [0.05, 0.1) is 6.04 Å². The molecule has 0 spiro atoms. The minimum Gasteiger partial charge on any atom is -0.454 e. The molecule has 0 bridgehead atoms. The SMILES string of the molecule is O=C(OCc1ccccc1)N1CCN[C@H](c2ccc3c(c2)OCO3)C1. The van der Waals surface area contributed by atoms with Crippen molar-refractivity contribution in [3.63, 3.8) is 0 Å². The number of fused-ring (bicyclic) bond motifs is 1. The summed E-state index contributed by atoms with van der Waals surface area (Å²) in [5.41, 5.74) is 2.06. The third-order valence-electron chi connectivity index (χ3n) is 4.44. The molecule has 0 aromatic heterocycles. The van der Waals surface area contributed by atoms with Crippen molar-refractivity contribution in [2.45, 2.75) is 12.6 Å². The van der Waals surface area contributed by atoms with E-state index in [0.29, 0.717) is 13.1 Å². The third kappa shape index (κ3) is 3.53. The fourth-order valence-corrected chi connectivity index (χ4v) is 3.08. The molecule has 0 radical (unpaired) electrons. The van der Waals surface area contributed by atoms with Gasteiger partial charge in [0.1, 0.15) is 6.61 Å². The molecule has 1 fully saturated rings. The summed E-state index contributed by atoms with van der Waals surface area (Å²) in [6.07, 6.45) is -0.281. The second kappa shape index (κ2) is 7.03. The maximum absolute atomic E-state index is 12.4. The van der Waals surface area contributed by atoms with Crippen LogP contribution in [0.5, 0.6) is 11.5 Å². The van der Waals surface area contributed by atoms with Crippen LogP contribution in [0.3, 0.4) is 0 Å². The van der Waals surface area contributed by atoms with Gasteiger partial charge in [0.2, 0.25) is 6.79 Å². The maximum Gasteiger partial charge on any atom is 0.410 e. The number of piperazine rings is 1. The highest BCUT2D eigenvalue weighted by Crippen LogP contribution is 2.34. The van der Waals surface area contributed by atoms with Crippen LogP contribution in [0.1, 0.15) is 17.2 Å². The van der Waals surface area contributed by atoms with Crippen molar-refractivity contribution in [1.29, 1.82) is 0 Å². The molecule has 0 aliphatic carbocycles. The van der Waals surface area contributed by atoms with E-state index in [-0.39, 0.29) is 25.5 Å². The molecule has 2 aromatic rings. The zero-order valence-electron chi connectivity index (χ0n) is 13.8. The van der Waals surface area contributed by atoms with Crippen LogP contribution in [0.25, 0.3) is 0 Å². The van der Waals surface area contributed by atoms with E-state index in [0.717, 1.165) is 29.2 Å². The largest absolute Gasteiger partial charge is 0.454 e. The molecule has 0 saturated carbocycles. The van der Waals surface area contributed by atoms with Crippen LogP contribution in [0.4, 0.5) is 4.79 Å². The van der Waals surface area contributed by atoms with Gasteiger partial charge in [-0.1, -0.05) is 36.4 Å². The molecule has 6 nitrogen and oxygen atoms in total. The fourth-order valence-electron chi connectivity index (χ4n) is 3.08. The fraction of sp³-hybridized carbons (Fsp3) is 0.316. The lowest BCUT2D eigenvalue weighted by molar-refractivity contribution is 0.0849. The molecule has 1 amide bonds. The average molecular weight is 340 g/mol. The van der Waals surface area contributed by atoms with Gasteiger partial charge in [-0.2, -0.15) is 0 Å². The van der Waals surface area contributed by atoms with Crippen molar-refractivity contribution < 1.29 is 19.0 Å². The number of hydrogen-bond acceptors (Lipinski definition) is 5. The van der Waals surface area contributed by atoms with E-state index in [1.54, 1.807) is 4.90 Å². The first-order valence-electron chi connectivity index (χ1n) is 8.38. The zero-order valence-corrected chi connectivity index (χ0v) is 13.8. The highest BCUT2D eigenvalue weighted by atomic mass is 16.7. The van der Waals surface area contributed by atoms with E-state index >= 15 is 0 Å². The van der Waals surface area contributed by atoms with Gasteiger partial charge in [-0.15, -0.1) is 0 Å². The first-order chi connectivity index (χ1) is 12.3. The minimum absolute atomic E-state index is 0.0486. The van der Waals surface area contributed by atoms with Crippen LogP contribution in [-0.4, -0.2) is 37.4 Å². The molecule has 6 heteroatoms. The topological polar surface area (TPSA) is 60.0 Å². The Morgan fingerprint density at radius 1 is 1.16 bits per heavy atom. The van der Waals surface area contributed by atoms with Crippen LogP contribution in [0, 0.1) is 0 Å². The molecule has 1 atom stereocenters. The predicted molar refractivity (Wildman–Crippen MR) is 91.5 cm³/mol. The Labute approximate surface area is 146 Å². The second-order valence-corrected chi connectivity index (χ2v) is 6.11. The number of carbonyl (C=O) groups excluding carboxylic acids is 1. The summed E-state index contributed by atoms with van der Waals surface area (Å²) in [4.78, 5) is 14.1. The summed E-state index contributed by atoms with van der Waals surface area (Å²) in [7, 11) is 0. The van der Waals surface area contributed by atoms with Gasteiger partial charge in [-0.3, -0.25) is 0 Å². The van der Waals surface area contributed by atoms with Crippen molar-refractivity contribution in [2.24, 2.45) is 0 Å².